The first-order valence-corrected chi connectivity index (χ1v) is 6.89. The van der Waals surface area contributed by atoms with Crippen LogP contribution >= 0.6 is 0 Å². The normalized spacial score (nSPS) is 12.7. The fourth-order valence-electron chi connectivity index (χ4n) is 2.92. The molecule has 0 aliphatic heterocycles. The highest BCUT2D eigenvalue weighted by molar-refractivity contribution is 5.67. The number of aromatic amines is 1. The van der Waals surface area contributed by atoms with Crippen LogP contribution in [0.25, 0.3) is 11.3 Å². The Bertz CT molecular complexity index is 580. The van der Waals surface area contributed by atoms with E-state index in [0.717, 1.165) is 12.0 Å². The quantitative estimate of drug-likeness (QED) is 0.891. The van der Waals surface area contributed by atoms with E-state index >= 15 is 0 Å². The van der Waals surface area contributed by atoms with E-state index in [0.29, 0.717) is 5.69 Å². The number of phenolic OH excluding ortho intramolecular Hbond substituents is 1. The van der Waals surface area contributed by atoms with Crippen molar-refractivity contribution < 1.29 is 5.11 Å². The van der Waals surface area contributed by atoms with Crippen LogP contribution in [-0.2, 0) is 5.41 Å². The highest BCUT2D eigenvalue weighted by Gasteiger charge is 2.28. The number of phenols is 1. The highest BCUT2D eigenvalue weighted by Crippen LogP contribution is 2.39. The van der Waals surface area contributed by atoms with E-state index in [4.69, 9.17) is 0 Å². The van der Waals surface area contributed by atoms with E-state index in [1.165, 1.54) is 5.56 Å². The monoisotopic (exact) mass is 273 g/mol. The molecule has 1 heterocycles. The number of nitrogens with zero attached hydrogens (tertiary/aromatic N) is 2. The van der Waals surface area contributed by atoms with E-state index in [9.17, 15) is 5.11 Å². The molecule has 0 aliphatic rings. The number of hydrogen-bond acceptors (Lipinski definition) is 3. The summed E-state index contributed by atoms with van der Waals surface area (Å²) in [6, 6.07) is 5.74. The van der Waals surface area contributed by atoms with Gasteiger partial charge in [0, 0.05) is 5.56 Å². The van der Waals surface area contributed by atoms with Crippen LogP contribution in [0.1, 0.15) is 46.6 Å². The molecule has 4 heteroatoms. The zero-order valence-corrected chi connectivity index (χ0v) is 12.9. The number of rotatable bonds is 3. The first kappa shape index (κ1) is 14.6. The topological polar surface area (TPSA) is 61.8 Å². The van der Waals surface area contributed by atoms with Gasteiger partial charge in [-0.15, -0.1) is 0 Å². The van der Waals surface area contributed by atoms with Crippen LogP contribution in [0.5, 0.6) is 5.75 Å². The SMILES string of the molecule is CC(C)(C)CC(C)(C)c1ccc(O)c(-c2cn[nH]n2)c1. The summed E-state index contributed by atoms with van der Waals surface area (Å²) in [4.78, 5) is 0. The summed E-state index contributed by atoms with van der Waals surface area (Å²) >= 11 is 0. The summed E-state index contributed by atoms with van der Waals surface area (Å²) in [6.07, 6.45) is 2.68. The minimum Gasteiger partial charge on any atom is -0.507 e. The van der Waals surface area contributed by atoms with Crippen molar-refractivity contribution in [2.45, 2.75) is 46.5 Å². The second kappa shape index (κ2) is 4.93. The Morgan fingerprint density at radius 2 is 1.85 bits per heavy atom. The first-order chi connectivity index (χ1) is 9.19. The maximum atomic E-state index is 10.0. The second-order valence-corrected chi connectivity index (χ2v) is 7.21. The number of H-pyrrole nitrogens is 1. The number of hydrogen-bond donors (Lipinski definition) is 2. The van der Waals surface area contributed by atoms with Crippen molar-refractivity contribution >= 4 is 0 Å². The van der Waals surface area contributed by atoms with E-state index in [1.54, 1.807) is 12.3 Å². The Morgan fingerprint density at radius 3 is 2.40 bits per heavy atom. The molecule has 0 spiro atoms. The molecule has 0 unspecified atom stereocenters. The van der Waals surface area contributed by atoms with Gasteiger partial charge in [0.1, 0.15) is 11.4 Å². The lowest BCUT2D eigenvalue weighted by atomic mass is 9.72. The summed E-state index contributed by atoms with van der Waals surface area (Å²) < 4.78 is 0. The number of benzene rings is 1. The molecule has 108 valence electrons. The maximum absolute atomic E-state index is 10.0. The van der Waals surface area contributed by atoms with Crippen LogP contribution in [0.4, 0.5) is 0 Å². The van der Waals surface area contributed by atoms with Gasteiger partial charge in [-0.05, 0) is 34.9 Å². The Labute approximate surface area is 120 Å². The largest absolute Gasteiger partial charge is 0.507 e. The molecule has 0 saturated heterocycles. The molecule has 2 rings (SSSR count). The summed E-state index contributed by atoms with van der Waals surface area (Å²) in [5.74, 6) is 0.231. The molecular formula is C16H23N3O. The standard InChI is InChI=1S/C16H23N3O/c1-15(2,3)10-16(4,5)11-6-7-14(20)12(8-11)13-9-17-19-18-13/h6-9,20H,10H2,1-5H3,(H,17,18,19). The Morgan fingerprint density at radius 1 is 1.15 bits per heavy atom. The van der Waals surface area contributed by atoms with Crippen molar-refractivity contribution in [1.29, 1.82) is 0 Å². The lowest BCUT2D eigenvalue weighted by Gasteiger charge is -2.33. The summed E-state index contributed by atoms with van der Waals surface area (Å²) in [5, 5.41) is 20.5. The molecule has 20 heavy (non-hydrogen) atoms. The molecule has 2 aromatic rings. The summed E-state index contributed by atoms with van der Waals surface area (Å²) in [7, 11) is 0. The van der Waals surface area contributed by atoms with Crippen LogP contribution in [0.15, 0.2) is 24.4 Å². The zero-order chi connectivity index (χ0) is 15.0. The van der Waals surface area contributed by atoms with E-state index in [2.05, 4.69) is 50.0 Å². The molecular weight excluding hydrogens is 250 g/mol. The van der Waals surface area contributed by atoms with Gasteiger partial charge in [-0.25, -0.2) is 0 Å². The van der Waals surface area contributed by atoms with Crippen molar-refractivity contribution in [2.75, 3.05) is 0 Å². The average Bonchev–Trinajstić information content (AvgIpc) is 2.79. The van der Waals surface area contributed by atoms with Crippen molar-refractivity contribution in [3.63, 3.8) is 0 Å². The van der Waals surface area contributed by atoms with Crippen molar-refractivity contribution in [3.05, 3.63) is 30.0 Å². The van der Waals surface area contributed by atoms with E-state index in [-0.39, 0.29) is 16.6 Å². The molecule has 0 aliphatic carbocycles. The molecule has 4 nitrogen and oxygen atoms in total. The molecule has 0 bridgehead atoms. The molecule has 0 atom stereocenters. The van der Waals surface area contributed by atoms with Crippen LogP contribution in [-0.4, -0.2) is 20.5 Å². The number of aromatic hydroxyl groups is 1. The minimum absolute atomic E-state index is 0.0322. The van der Waals surface area contributed by atoms with Gasteiger partial charge < -0.3 is 5.11 Å². The third kappa shape index (κ3) is 3.18. The van der Waals surface area contributed by atoms with Gasteiger partial charge in [0.2, 0.25) is 0 Å². The fourth-order valence-corrected chi connectivity index (χ4v) is 2.92. The van der Waals surface area contributed by atoms with Crippen molar-refractivity contribution in [3.8, 4) is 17.0 Å². The van der Waals surface area contributed by atoms with Crippen molar-refractivity contribution in [2.24, 2.45) is 5.41 Å². The third-order valence-electron chi connectivity index (χ3n) is 3.44. The van der Waals surface area contributed by atoms with Gasteiger partial charge >= 0.3 is 0 Å². The molecule has 0 amide bonds. The molecule has 0 radical (unpaired) electrons. The molecule has 1 aromatic carbocycles. The third-order valence-corrected chi connectivity index (χ3v) is 3.44. The Kier molecular flexibility index (Phi) is 3.59. The van der Waals surface area contributed by atoms with Crippen LogP contribution in [0, 0.1) is 5.41 Å². The number of nitrogens with one attached hydrogen (secondary N) is 1. The molecule has 0 fully saturated rings. The van der Waals surface area contributed by atoms with Gasteiger partial charge in [0.25, 0.3) is 0 Å². The summed E-state index contributed by atoms with van der Waals surface area (Å²) in [5.41, 5.74) is 2.86. The zero-order valence-electron chi connectivity index (χ0n) is 12.9. The second-order valence-electron chi connectivity index (χ2n) is 7.21. The lowest BCUT2D eigenvalue weighted by Crippen LogP contribution is -2.24. The smallest absolute Gasteiger partial charge is 0.125 e. The fraction of sp³-hybridized carbons (Fsp3) is 0.500. The van der Waals surface area contributed by atoms with Crippen molar-refractivity contribution in [1.82, 2.24) is 15.4 Å². The average molecular weight is 273 g/mol. The van der Waals surface area contributed by atoms with Gasteiger partial charge in [0.15, 0.2) is 0 Å². The van der Waals surface area contributed by atoms with E-state index in [1.807, 2.05) is 12.1 Å². The number of aromatic nitrogens is 3. The van der Waals surface area contributed by atoms with E-state index < -0.39 is 0 Å². The first-order valence-electron chi connectivity index (χ1n) is 6.89. The van der Waals surface area contributed by atoms with Gasteiger partial charge in [-0.3, -0.25) is 0 Å². The minimum atomic E-state index is 0.0322. The predicted molar refractivity (Wildman–Crippen MR) is 80.6 cm³/mol. The molecule has 1 aromatic heterocycles. The Hall–Kier alpha value is -1.84. The highest BCUT2D eigenvalue weighted by atomic mass is 16.3. The summed E-state index contributed by atoms with van der Waals surface area (Å²) in [6.45, 7) is 11.2. The molecule has 2 N–H and O–H groups in total. The van der Waals surface area contributed by atoms with Gasteiger partial charge in [-0.2, -0.15) is 15.4 Å². The van der Waals surface area contributed by atoms with Crippen LogP contribution in [0.2, 0.25) is 0 Å². The Balaban J connectivity index is 2.41. The lowest BCUT2D eigenvalue weighted by molar-refractivity contribution is 0.284. The van der Waals surface area contributed by atoms with Crippen LogP contribution in [0.3, 0.4) is 0 Å². The predicted octanol–water partition coefficient (Wildman–Crippen LogP) is 3.89. The maximum Gasteiger partial charge on any atom is 0.125 e. The van der Waals surface area contributed by atoms with Gasteiger partial charge in [0.05, 0.1) is 6.20 Å². The van der Waals surface area contributed by atoms with Crippen LogP contribution < -0.4 is 0 Å². The van der Waals surface area contributed by atoms with Gasteiger partial charge in [-0.1, -0.05) is 40.7 Å². The molecule has 0 saturated carbocycles.